The minimum atomic E-state index is -1.23. The third-order valence-electron chi connectivity index (χ3n) is 3.26. The molecule has 10 heteroatoms. The Morgan fingerprint density at radius 1 is 1.25 bits per heavy atom. The number of ether oxygens (including phenoxy) is 1. The van der Waals surface area contributed by atoms with E-state index in [1.54, 1.807) is 0 Å². The van der Waals surface area contributed by atoms with E-state index in [1.807, 2.05) is 5.48 Å². The van der Waals surface area contributed by atoms with Crippen LogP contribution in [0.3, 0.4) is 0 Å². The van der Waals surface area contributed by atoms with Gasteiger partial charge in [0, 0.05) is 0 Å². The molecule has 3 rings (SSSR count). The lowest BCUT2D eigenvalue weighted by atomic mass is 10.1. The van der Waals surface area contributed by atoms with E-state index in [-0.39, 0.29) is 11.3 Å². The van der Waals surface area contributed by atoms with Crippen LogP contribution in [0.4, 0.5) is 5.82 Å². The van der Waals surface area contributed by atoms with Crippen LogP contribution in [0.15, 0.2) is 12.7 Å². The van der Waals surface area contributed by atoms with Crippen LogP contribution in [-0.4, -0.2) is 65.0 Å². The van der Waals surface area contributed by atoms with E-state index in [4.69, 9.17) is 15.1 Å². The van der Waals surface area contributed by atoms with Crippen LogP contribution in [-0.2, 0) is 4.74 Å². The number of aliphatic hydroxyl groups excluding tert-OH is 3. The molecule has 108 valence electrons. The predicted molar refractivity (Wildman–Crippen MR) is 63.7 cm³/mol. The molecule has 2 aromatic heterocycles. The minimum Gasteiger partial charge on any atom is -0.394 e. The molecule has 0 amide bonds. The molecule has 5 N–H and O–H groups in total. The molecule has 0 saturated carbocycles. The second-order valence-corrected chi connectivity index (χ2v) is 4.39. The van der Waals surface area contributed by atoms with Crippen molar-refractivity contribution < 1.29 is 25.3 Å². The summed E-state index contributed by atoms with van der Waals surface area (Å²) in [5.74, 6) is 0.112. The Labute approximate surface area is 112 Å². The van der Waals surface area contributed by atoms with Gasteiger partial charge in [-0.15, -0.1) is 0 Å². The topological polar surface area (TPSA) is 146 Å². The Balaban J connectivity index is 2.03. The maximum Gasteiger partial charge on any atom is 0.181 e. The molecule has 10 nitrogen and oxygen atoms in total. The number of anilines is 1. The van der Waals surface area contributed by atoms with Crippen molar-refractivity contribution in [3.8, 4) is 0 Å². The molecule has 1 aliphatic rings. The fourth-order valence-corrected chi connectivity index (χ4v) is 2.23. The van der Waals surface area contributed by atoms with Crippen LogP contribution in [0.2, 0.25) is 0 Å². The number of fused-ring (bicyclic) bond motifs is 1. The summed E-state index contributed by atoms with van der Waals surface area (Å²) < 4.78 is 6.79. The van der Waals surface area contributed by atoms with E-state index in [0.29, 0.717) is 5.65 Å². The van der Waals surface area contributed by atoms with Crippen LogP contribution in [0.25, 0.3) is 11.2 Å². The minimum absolute atomic E-state index is 0.112. The lowest BCUT2D eigenvalue weighted by molar-refractivity contribution is -0.0511. The zero-order chi connectivity index (χ0) is 14.3. The fraction of sp³-hybridized carbons (Fsp3) is 0.500. The largest absolute Gasteiger partial charge is 0.394 e. The van der Waals surface area contributed by atoms with Gasteiger partial charge in [-0.05, 0) is 0 Å². The van der Waals surface area contributed by atoms with E-state index < -0.39 is 31.1 Å². The number of nitrogens with zero attached hydrogens (tertiary/aromatic N) is 4. The average molecular weight is 283 g/mol. The second-order valence-electron chi connectivity index (χ2n) is 4.39. The van der Waals surface area contributed by atoms with E-state index in [1.165, 1.54) is 17.2 Å². The van der Waals surface area contributed by atoms with Crippen molar-refractivity contribution in [1.29, 1.82) is 0 Å². The summed E-state index contributed by atoms with van der Waals surface area (Å²) in [7, 11) is 0. The first kappa shape index (κ1) is 13.1. The summed E-state index contributed by atoms with van der Waals surface area (Å²) in [5.41, 5.74) is 2.49. The standard InChI is InChI=1S/C10H13N5O5/c16-1-4-6(17)7(18)10(20-4)15-3-13-5-8(14-19)11-2-12-9(5)15/h2-4,6-7,10,16-19H,1H2,(H,11,12,14)/t4-,6-,7-,10?/m1/s1. The van der Waals surface area contributed by atoms with Crippen molar-refractivity contribution in [3.05, 3.63) is 12.7 Å². The molecule has 20 heavy (non-hydrogen) atoms. The maximum absolute atomic E-state index is 9.97. The number of hydrogen-bond donors (Lipinski definition) is 5. The number of aliphatic hydroxyl groups is 3. The van der Waals surface area contributed by atoms with Gasteiger partial charge in [-0.1, -0.05) is 0 Å². The lowest BCUT2D eigenvalue weighted by Crippen LogP contribution is -2.33. The summed E-state index contributed by atoms with van der Waals surface area (Å²) in [6, 6.07) is 0. The third-order valence-corrected chi connectivity index (χ3v) is 3.26. The third kappa shape index (κ3) is 1.82. The van der Waals surface area contributed by atoms with Gasteiger partial charge >= 0.3 is 0 Å². The number of aromatic nitrogens is 4. The second kappa shape index (κ2) is 4.92. The zero-order valence-corrected chi connectivity index (χ0v) is 10.2. The smallest absolute Gasteiger partial charge is 0.181 e. The lowest BCUT2D eigenvalue weighted by Gasteiger charge is -2.16. The van der Waals surface area contributed by atoms with Gasteiger partial charge in [0.2, 0.25) is 0 Å². The van der Waals surface area contributed by atoms with E-state index in [2.05, 4.69) is 15.0 Å². The Hall–Kier alpha value is -1.85. The van der Waals surface area contributed by atoms with Crippen LogP contribution in [0.5, 0.6) is 0 Å². The van der Waals surface area contributed by atoms with Crippen molar-refractivity contribution in [2.45, 2.75) is 24.5 Å². The molecule has 1 unspecified atom stereocenters. The number of imidazole rings is 1. The molecule has 3 heterocycles. The molecule has 1 aliphatic heterocycles. The quantitative estimate of drug-likeness (QED) is 0.413. The summed E-state index contributed by atoms with van der Waals surface area (Å²) >= 11 is 0. The molecule has 4 atom stereocenters. The number of nitrogens with one attached hydrogen (secondary N) is 1. The van der Waals surface area contributed by atoms with Gasteiger partial charge in [-0.2, -0.15) is 0 Å². The average Bonchev–Trinajstić information content (AvgIpc) is 3.01. The first-order valence-electron chi connectivity index (χ1n) is 5.87. The Morgan fingerprint density at radius 2 is 2.05 bits per heavy atom. The molecule has 0 spiro atoms. The van der Waals surface area contributed by atoms with Gasteiger partial charge in [-0.25, -0.2) is 15.0 Å². The fourth-order valence-electron chi connectivity index (χ4n) is 2.23. The van der Waals surface area contributed by atoms with Crippen molar-refractivity contribution >= 4 is 17.0 Å². The Kier molecular flexibility index (Phi) is 3.23. The summed E-state index contributed by atoms with van der Waals surface area (Å²) in [6.07, 6.45) is -1.70. The molecule has 1 saturated heterocycles. The highest BCUT2D eigenvalue weighted by Gasteiger charge is 2.43. The zero-order valence-electron chi connectivity index (χ0n) is 10.2. The highest BCUT2D eigenvalue weighted by Crippen LogP contribution is 2.31. The van der Waals surface area contributed by atoms with Crippen molar-refractivity contribution in [2.24, 2.45) is 0 Å². The number of hydrogen-bond acceptors (Lipinski definition) is 9. The highest BCUT2D eigenvalue weighted by atomic mass is 16.6. The van der Waals surface area contributed by atoms with E-state index >= 15 is 0 Å². The SMILES string of the molecule is OC[C@H]1OC(n2cnc3c(NO)ncnc32)[C@H](O)[C@@H]1O. The molecule has 0 radical (unpaired) electrons. The van der Waals surface area contributed by atoms with Crippen molar-refractivity contribution in [3.63, 3.8) is 0 Å². The molecule has 2 aromatic rings. The Bertz CT molecular complexity index is 619. The van der Waals surface area contributed by atoms with Crippen LogP contribution in [0, 0.1) is 0 Å². The van der Waals surface area contributed by atoms with Gasteiger partial charge in [0.1, 0.15) is 24.6 Å². The highest BCUT2D eigenvalue weighted by molar-refractivity contribution is 5.82. The van der Waals surface area contributed by atoms with Gasteiger partial charge < -0.3 is 20.1 Å². The van der Waals surface area contributed by atoms with Crippen molar-refractivity contribution in [2.75, 3.05) is 12.1 Å². The molecular weight excluding hydrogens is 270 g/mol. The van der Waals surface area contributed by atoms with E-state index in [0.717, 1.165) is 0 Å². The molecule has 0 bridgehead atoms. The van der Waals surface area contributed by atoms with Crippen LogP contribution in [0.1, 0.15) is 6.23 Å². The molecule has 0 aliphatic carbocycles. The normalized spacial score (nSPS) is 30.0. The Morgan fingerprint density at radius 3 is 2.70 bits per heavy atom. The first-order valence-corrected chi connectivity index (χ1v) is 5.87. The predicted octanol–water partition coefficient (Wildman–Crippen LogP) is -1.76. The van der Waals surface area contributed by atoms with Gasteiger partial charge in [0.25, 0.3) is 0 Å². The molecule has 1 fully saturated rings. The van der Waals surface area contributed by atoms with Gasteiger partial charge in [-0.3, -0.25) is 15.3 Å². The molecular formula is C10H13N5O5. The summed E-state index contributed by atoms with van der Waals surface area (Å²) in [6.45, 7) is -0.417. The van der Waals surface area contributed by atoms with Gasteiger partial charge in [0.15, 0.2) is 23.2 Å². The van der Waals surface area contributed by atoms with E-state index in [9.17, 15) is 10.2 Å². The summed E-state index contributed by atoms with van der Waals surface area (Å²) in [5, 5.41) is 37.7. The van der Waals surface area contributed by atoms with Crippen LogP contribution >= 0.6 is 0 Å². The van der Waals surface area contributed by atoms with Crippen molar-refractivity contribution in [1.82, 2.24) is 19.5 Å². The monoisotopic (exact) mass is 283 g/mol. The van der Waals surface area contributed by atoms with Gasteiger partial charge in [0.05, 0.1) is 12.9 Å². The summed E-state index contributed by atoms with van der Waals surface area (Å²) in [4.78, 5) is 11.8. The number of rotatable bonds is 3. The molecule has 0 aromatic carbocycles. The first-order chi connectivity index (χ1) is 9.67. The maximum atomic E-state index is 9.97. The van der Waals surface area contributed by atoms with Crippen LogP contribution < -0.4 is 5.48 Å².